The predicted octanol–water partition coefficient (Wildman–Crippen LogP) is 4.97. The number of amides is 2. The van der Waals surface area contributed by atoms with Crippen molar-refractivity contribution in [2.45, 2.75) is 32.4 Å². The molecular weight excluding hydrogens is 403 g/mol. The molecule has 3 aromatic carbocycles. The van der Waals surface area contributed by atoms with E-state index in [-0.39, 0.29) is 30.0 Å². The number of anilines is 1. The third-order valence-electron chi connectivity index (χ3n) is 5.71. The fourth-order valence-corrected chi connectivity index (χ4v) is 3.71. The highest BCUT2D eigenvalue weighted by molar-refractivity contribution is 5.96. The molecule has 1 fully saturated rings. The summed E-state index contributed by atoms with van der Waals surface area (Å²) >= 11 is 0. The number of likely N-dealkylation sites (N-methyl/N-ethyl adjacent to an activating group) is 1. The summed E-state index contributed by atoms with van der Waals surface area (Å²) in [6.45, 7) is 0.928. The Kier molecular flexibility index (Phi) is 6.64. The molecule has 4 nitrogen and oxygen atoms in total. The quantitative estimate of drug-likeness (QED) is 0.506. The molecular formula is C27H27FN2O2. The van der Waals surface area contributed by atoms with E-state index in [1.54, 1.807) is 29.0 Å². The number of halogens is 1. The molecule has 0 atom stereocenters. The third-order valence-corrected chi connectivity index (χ3v) is 5.71. The maximum Gasteiger partial charge on any atom is 0.230 e. The molecule has 0 aliphatic heterocycles. The number of benzene rings is 3. The lowest BCUT2D eigenvalue weighted by molar-refractivity contribution is -0.129. The smallest absolute Gasteiger partial charge is 0.230 e. The number of hydrogen-bond donors (Lipinski definition) is 0. The monoisotopic (exact) mass is 430 g/mol. The zero-order valence-corrected chi connectivity index (χ0v) is 18.2. The first kappa shape index (κ1) is 21.8. The van der Waals surface area contributed by atoms with Gasteiger partial charge in [-0.15, -0.1) is 0 Å². The standard InChI is InChI=1S/C27H27FN2O2/c1-29(18-20-6-3-2-4-7-20)26(31)17-22-8-5-9-25(16-22)30(27(32)23-12-13-23)19-21-10-14-24(28)15-11-21/h2-11,14-16,23H,12-13,17-19H2,1H3. The fraction of sp³-hybridized carbons (Fsp3) is 0.259. The van der Waals surface area contributed by atoms with Crippen molar-refractivity contribution >= 4 is 17.5 Å². The van der Waals surface area contributed by atoms with Crippen molar-refractivity contribution in [3.63, 3.8) is 0 Å². The van der Waals surface area contributed by atoms with E-state index in [2.05, 4.69) is 0 Å². The van der Waals surface area contributed by atoms with Crippen molar-refractivity contribution in [1.29, 1.82) is 0 Å². The molecule has 0 saturated heterocycles. The summed E-state index contributed by atoms with van der Waals surface area (Å²) in [5.74, 6) is -0.143. The molecule has 0 bridgehead atoms. The number of carbonyl (C=O) groups is 2. The van der Waals surface area contributed by atoms with Crippen molar-refractivity contribution in [1.82, 2.24) is 4.90 Å². The fourth-order valence-electron chi connectivity index (χ4n) is 3.71. The van der Waals surface area contributed by atoms with E-state index in [0.717, 1.165) is 35.2 Å². The van der Waals surface area contributed by atoms with Crippen LogP contribution in [0.25, 0.3) is 0 Å². The van der Waals surface area contributed by atoms with Crippen LogP contribution in [-0.2, 0) is 29.1 Å². The molecule has 1 aliphatic carbocycles. The number of hydrogen-bond acceptors (Lipinski definition) is 2. The van der Waals surface area contributed by atoms with Crippen LogP contribution in [0.4, 0.5) is 10.1 Å². The summed E-state index contributed by atoms with van der Waals surface area (Å²) in [6, 6.07) is 23.7. The first-order chi connectivity index (χ1) is 15.5. The Morgan fingerprint density at radius 3 is 2.19 bits per heavy atom. The first-order valence-corrected chi connectivity index (χ1v) is 10.9. The maximum absolute atomic E-state index is 13.3. The molecule has 0 N–H and O–H groups in total. The average molecular weight is 431 g/mol. The van der Waals surface area contributed by atoms with E-state index in [9.17, 15) is 14.0 Å². The molecule has 1 aliphatic rings. The SMILES string of the molecule is CN(Cc1ccccc1)C(=O)Cc1cccc(N(Cc2ccc(F)cc2)C(=O)C2CC2)c1. The third kappa shape index (κ3) is 5.61. The molecule has 2 amide bonds. The summed E-state index contributed by atoms with van der Waals surface area (Å²) in [4.78, 5) is 29.3. The van der Waals surface area contributed by atoms with Gasteiger partial charge in [0.2, 0.25) is 11.8 Å². The van der Waals surface area contributed by atoms with Crippen LogP contribution in [0.5, 0.6) is 0 Å². The lowest BCUT2D eigenvalue weighted by Crippen LogP contribution is -2.32. The van der Waals surface area contributed by atoms with Crippen molar-refractivity contribution < 1.29 is 14.0 Å². The maximum atomic E-state index is 13.3. The van der Waals surface area contributed by atoms with E-state index in [1.165, 1.54) is 12.1 Å². The highest BCUT2D eigenvalue weighted by Crippen LogP contribution is 2.34. The zero-order valence-electron chi connectivity index (χ0n) is 18.2. The Labute approximate surface area is 188 Å². The van der Waals surface area contributed by atoms with Gasteiger partial charge in [-0.3, -0.25) is 9.59 Å². The Hall–Kier alpha value is -3.47. The average Bonchev–Trinajstić information content (AvgIpc) is 3.65. The number of rotatable bonds is 8. The van der Waals surface area contributed by atoms with E-state index >= 15 is 0 Å². The Morgan fingerprint density at radius 2 is 1.50 bits per heavy atom. The largest absolute Gasteiger partial charge is 0.341 e. The summed E-state index contributed by atoms with van der Waals surface area (Å²) < 4.78 is 13.3. The first-order valence-electron chi connectivity index (χ1n) is 10.9. The molecule has 5 heteroatoms. The molecule has 3 aromatic rings. The van der Waals surface area contributed by atoms with Gasteiger partial charge in [-0.05, 0) is 53.8 Å². The highest BCUT2D eigenvalue weighted by Gasteiger charge is 2.34. The van der Waals surface area contributed by atoms with Crippen LogP contribution >= 0.6 is 0 Å². The molecule has 1 saturated carbocycles. The minimum atomic E-state index is -0.297. The highest BCUT2D eigenvalue weighted by atomic mass is 19.1. The lowest BCUT2D eigenvalue weighted by Gasteiger charge is -2.24. The van der Waals surface area contributed by atoms with Crippen LogP contribution in [0.3, 0.4) is 0 Å². The minimum absolute atomic E-state index is 0.0182. The molecule has 0 heterocycles. The van der Waals surface area contributed by atoms with Gasteiger partial charge < -0.3 is 9.80 Å². The van der Waals surface area contributed by atoms with Crippen LogP contribution < -0.4 is 4.90 Å². The zero-order chi connectivity index (χ0) is 22.5. The van der Waals surface area contributed by atoms with Crippen LogP contribution in [0.2, 0.25) is 0 Å². The predicted molar refractivity (Wildman–Crippen MR) is 123 cm³/mol. The van der Waals surface area contributed by atoms with Crippen LogP contribution in [0.1, 0.15) is 29.5 Å². The van der Waals surface area contributed by atoms with Crippen LogP contribution in [-0.4, -0.2) is 23.8 Å². The molecule has 4 rings (SSSR count). The number of carbonyl (C=O) groups excluding carboxylic acids is 2. The number of nitrogens with zero attached hydrogens (tertiary/aromatic N) is 2. The van der Waals surface area contributed by atoms with Crippen molar-refractivity contribution in [2.75, 3.05) is 11.9 Å². The van der Waals surface area contributed by atoms with E-state index in [1.807, 2.05) is 54.6 Å². The van der Waals surface area contributed by atoms with Gasteiger partial charge in [0.25, 0.3) is 0 Å². The van der Waals surface area contributed by atoms with Gasteiger partial charge in [0, 0.05) is 25.2 Å². The second-order valence-electron chi connectivity index (χ2n) is 8.41. The Balaban J connectivity index is 1.49. The lowest BCUT2D eigenvalue weighted by atomic mass is 10.1. The molecule has 0 radical (unpaired) electrons. The molecule has 0 unspecified atom stereocenters. The molecule has 32 heavy (non-hydrogen) atoms. The molecule has 0 aromatic heterocycles. The van der Waals surface area contributed by atoms with Gasteiger partial charge in [-0.1, -0.05) is 54.6 Å². The summed E-state index contributed by atoms with van der Waals surface area (Å²) in [5, 5.41) is 0. The Bertz CT molecular complexity index is 1080. The van der Waals surface area contributed by atoms with Gasteiger partial charge >= 0.3 is 0 Å². The van der Waals surface area contributed by atoms with E-state index < -0.39 is 0 Å². The van der Waals surface area contributed by atoms with Gasteiger partial charge in [0.15, 0.2) is 0 Å². The molecule has 164 valence electrons. The van der Waals surface area contributed by atoms with Gasteiger partial charge in [0.05, 0.1) is 13.0 Å². The van der Waals surface area contributed by atoms with Crippen molar-refractivity contribution in [2.24, 2.45) is 5.92 Å². The summed E-state index contributed by atoms with van der Waals surface area (Å²) in [7, 11) is 1.80. The van der Waals surface area contributed by atoms with Crippen LogP contribution in [0.15, 0.2) is 78.9 Å². The molecule has 0 spiro atoms. The second-order valence-corrected chi connectivity index (χ2v) is 8.41. The van der Waals surface area contributed by atoms with E-state index in [0.29, 0.717) is 13.1 Å². The topological polar surface area (TPSA) is 40.6 Å². The normalized spacial score (nSPS) is 12.9. The van der Waals surface area contributed by atoms with Crippen LogP contribution in [0, 0.1) is 11.7 Å². The van der Waals surface area contributed by atoms with E-state index in [4.69, 9.17) is 0 Å². The second kappa shape index (κ2) is 9.77. The minimum Gasteiger partial charge on any atom is -0.341 e. The summed E-state index contributed by atoms with van der Waals surface area (Å²) in [5.41, 5.74) is 3.57. The van der Waals surface area contributed by atoms with Crippen molar-refractivity contribution in [3.8, 4) is 0 Å². The van der Waals surface area contributed by atoms with Gasteiger partial charge in [0.1, 0.15) is 5.82 Å². The van der Waals surface area contributed by atoms with Gasteiger partial charge in [-0.2, -0.15) is 0 Å². The Morgan fingerprint density at radius 1 is 0.844 bits per heavy atom. The van der Waals surface area contributed by atoms with Crippen molar-refractivity contribution in [3.05, 3.63) is 101 Å². The summed E-state index contributed by atoms with van der Waals surface area (Å²) in [6.07, 6.45) is 2.07. The van der Waals surface area contributed by atoms with Gasteiger partial charge in [-0.25, -0.2) is 4.39 Å².